The number of nitrogens with zero attached hydrogens (tertiary/aromatic N) is 1. The van der Waals surface area contributed by atoms with Gasteiger partial charge in [-0.3, -0.25) is 10.1 Å². The van der Waals surface area contributed by atoms with Gasteiger partial charge in [-0.1, -0.05) is 0 Å². The minimum atomic E-state index is -0.932. The van der Waals surface area contributed by atoms with E-state index in [0.29, 0.717) is 18.7 Å². The summed E-state index contributed by atoms with van der Waals surface area (Å²) in [5, 5.41) is 16.5. The molecule has 2 N–H and O–H groups in total. The lowest BCUT2D eigenvalue weighted by atomic mass is 10.0. The van der Waals surface area contributed by atoms with Gasteiger partial charge in [-0.15, -0.1) is 0 Å². The number of piperidine rings is 1. The smallest absolute Gasteiger partial charge is 0.269 e. The van der Waals surface area contributed by atoms with Crippen LogP contribution in [0.2, 0.25) is 0 Å². The van der Waals surface area contributed by atoms with Crippen LogP contribution in [0.3, 0.4) is 0 Å². The predicted molar refractivity (Wildman–Crippen MR) is 62.9 cm³/mol. The largest absolute Gasteiger partial charge is 0.379 e. The first-order valence-corrected chi connectivity index (χ1v) is 5.52. The van der Waals surface area contributed by atoms with Gasteiger partial charge in [-0.25, -0.2) is 4.39 Å². The van der Waals surface area contributed by atoms with Crippen LogP contribution in [0.1, 0.15) is 6.42 Å². The molecule has 2 unspecified atom stereocenters. The van der Waals surface area contributed by atoms with Crippen molar-refractivity contribution in [1.82, 2.24) is 5.32 Å². The number of hydrogen-bond donors (Lipinski definition) is 2. The first kappa shape index (κ1) is 11.8. The van der Waals surface area contributed by atoms with Crippen molar-refractivity contribution in [2.45, 2.75) is 18.6 Å². The molecule has 0 radical (unpaired) electrons. The van der Waals surface area contributed by atoms with E-state index in [1.807, 2.05) is 0 Å². The zero-order valence-electron chi connectivity index (χ0n) is 9.23. The number of hydrogen-bond acceptors (Lipinski definition) is 4. The van der Waals surface area contributed by atoms with E-state index in [9.17, 15) is 14.5 Å². The third-order valence-electron chi connectivity index (χ3n) is 2.84. The highest BCUT2D eigenvalue weighted by Gasteiger charge is 2.24. The Hall–Kier alpha value is -1.69. The van der Waals surface area contributed by atoms with Crippen LogP contribution in [-0.4, -0.2) is 30.2 Å². The minimum Gasteiger partial charge on any atom is -0.379 e. The van der Waals surface area contributed by atoms with E-state index in [1.54, 1.807) is 12.1 Å². The summed E-state index contributed by atoms with van der Waals surface area (Å²) >= 11 is 0. The van der Waals surface area contributed by atoms with Crippen LogP contribution >= 0.6 is 0 Å². The molecule has 1 aliphatic heterocycles. The van der Waals surface area contributed by atoms with Crippen molar-refractivity contribution in [3.05, 3.63) is 34.4 Å². The minimum absolute atomic E-state index is 0.0395. The zero-order chi connectivity index (χ0) is 12.3. The number of nitro benzene ring substituents is 1. The van der Waals surface area contributed by atoms with Gasteiger partial charge in [0.1, 0.15) is 6.17 Å². The molecule has 1 aromatic carbocycles. The van der Waals surface area contributed by atoms with E-state index in [2.05, 4.69) is 10.6 Å². The highest BCUT2D eigenvalue weighted by molar-refractivity contribution is 5.49. The van der Waals surface area contributed by atoms with E-state index in [0.717, 1.165) is 6.54 Å². The van der Waals surface area contributed by atoms with Gasteiger partial charge in [0.25, 0.3) is 5.69 Å². The maximum absolute atomic E-state index is 13.5. The molecule has 6 heteroatoms. The Morgan fingerprint density at radius 1 is 1.41 bits per heavy atom. The average Bonchev–Trinajstić information content (AvgIpc) is 2.33. The topological polar surface area (TPSA) is 67.2 Å². The summed E-state index contributed by atoms with van der Waals surface area (Å²) in [5.41, 5.74) is 0.753. The molecule has 17 heavy (non-hydrogen) atoms. The number of anilines is 1. The molecule has 0 aliphatic carbocycles. The van der Waals surface area contributed by atoms with E-state index in [1.165, 1.54) is 12.1 Å². The van der Waals surface area contributed by atoms with Gasteiger partial charge in [0.15, 0.2) is 0 Å². The van der Waals surface area contributed by atoms with Crippen LogP contribution in [0.4, 0.5) is 15.8 Å². The summed E-state index contributed by atoms with van der Waals surface area (Å²) in [6, 6.07) is 5.81. The number of alkyl halides is 1. The van der Waals surface area contributed by atoms with Gasteiger partial charge < -0.3 is 10.6 Å². The molecule has 0 aromatic heterocycles. The second-order valence-electron chi connectivity index (χ2n) is 4.06. The summed E-state index contributed by atoms with van der Waals surface area (Å²) in [7, 11) is 0. The van der Waals surface area contributed by atoms with Crippen LogP contribution in [0, 0.1) is 10.1 Å². The lowest BCUT2D eigenvalue weighted by molar-refractivity contribution is -0.384. The molecule has 1 heterocycles. The lowest BCUT2D eigenvalue weighted by Gasteiger charge is -2.28. The Balaban J connectivity index is 2.00. The number of non-ortho nitro benzene ring substituents is 1. The number of halogens is 1. The van der Waals surface area contributed by atoms with Crippen molar-refractivity contribution < 1.29 is 9.31 Å². The van der Waals surface area contributed by atoms with Crippen molar-refractivity contribution >= 4 is 11.4 Å². The molecule has 1 aliphatic rings. The number of nitro groups is 1. The molecular weight excluding hydrogens is 225 g/mol. The Labute approximate surface area is 98.2 Å². The third-order valence-corrected chi connectivity index (χ3v) is 2.84. The van der Waals surface area contributed by atoms with E-state index in [-0.39, 0.29) is 11.7 Å². The van der Waals surface area contributed by atoms with Crippen LogP contribution in [-0.2, 0) is 0 Å². The Bertz CT molecular complexity index is 396. The fourth-order valence-electron chi connectivity index (χ4n) is 1.88. The molecule has 0 amide bonds. The van der Waals surface area contributed by atoms with Gasteiger partial charge >= 0.3 is 0 Å². The molecule has 92 valence electrons. The summed E-state index contributed by atoms with van der Waals surface area (Å²) in [6.45, 7) is 1.13. The standard InChI is InChI=1S/C11H14FN3O2/c12-10-7-13-6-5-11(10)14-8-1-3-9(4-2-8)15(16)17/h1-4,10-11,13-14H,5-7H2. The maximum Gasteiger partial charge on any atom is 0.269 e. The summed E-state index contributed by atoms with van der Waals surface area (Å²) in [5.74, 6) is 0. The van der Waals surface area contributed by atoms with E-state index in [4.69, 9.17) is 0 Å². The Morgan fingerprint density at radius 3 is 2.71 bits per heavy atom. The van der Waals surface area contributed by atoms with Gasteiger partial charge in [0.2, 0.25) is 0 Å². The van der Waals surface area contributed by atoms with Gasteiger partial charge in [-0.2, -0.15) is 0 Å². The van der Waals surface area contributed by atoms with Crippen molar-refractivity contribution in [3.8, 4) is 0 Å². The second kappa shape index (κ2) is 5.09. The van der Waals surface area contributed by atoms with Crippen molar-refractivity contribution in [2.75, 3.05) is 18.4 Å². The van der Waals surface area contributed by atoms with Crippen LogP contribution in [0.5, 0.6) is 0 Å². The summed E-state index contributed by atoms with van der Waals surface area (Å²) < 4.78 is 13.5. The fraction of sp³-hybridized carbons (Fsp3) is 0.455. The van der Waals surface area contributed by atoms with Gasteiger partial charge in [0, 0.05) is 24.4 Å². The first-order valence-electron chi connectivity index (χ1n) is 5.52. The van der Waals surface area contributed by atoms with Crippen molar-refractivity contribution in [1.29, 1.82) is 0 Å². The average molecular weight is 239 g/mol. The van der Waals surface area contributed by atoms with E-state index >= 15 is 0 Å². The van der Waals surface area contributed by atoms with Gasteiger partial charge in [-0.05, 0) is 25.1 Å². The van der Waals surface area contributed by atoms with Crippen LogP contribution in [0.25, 0.3) is 0 Å². The molecule has 1 saturated heterocycles. The highest BCUT2D eigenvalue weighted by atomic mass is 19.1. The molecule has 2 rings (SSSR count). The molecular formula is C11H14FN3O2. The molecule has 2 atom stereocenters. The van der Waals surface area contributed by atoms with Crippen molar-refractivity contribution in [2.24, 2.45) is 0 Å². The SMILES string of the molecule is O=[N+]([O-])c1ccc(NC2CCNCC2F)cc1. The van der Waals surface area contributed by atoms with Crippen LogP contribution in [0.15, 0.2) is 24.3 Å². The predicted octanol–water partition coefficient (Wildman–Crippen LogP) is 1.71. The van der Waals surface area contributed by atoms with Gasteiger partial charge in [0.05, 0.1) is 11.0 Å². The quantitative estimate of drug-likeness (QED) is 0.622. The molecule has 0 bridgehead atoms. The fourth-order valence-corrected chi connectivity index (χ4v) is 1.88. The lowest BCUT2D eigenvalue weighted by Crippen LogP contribution is -2.45. The second-order valence-corrected chi connectivity index (χ2v) is 4.06. The molecule has 5 nitrogen and oxygen atoms in total. The maximum atomic E-state index is 13.5. The Kier molecular flexibility index (Phi) is 3.53. The molecule has 0 spiro atoms. The monoisotopic (exact) mass is 239 g/mol. The Morgan fingerprint density at radius 2 is 2.12 bits per heavy atom. The first-order chi connectivity index (χ1) is 8.16. The third kappa shape index (κ3) is 2.91. The van der Waals surface area contributed by atoms with Crippen LogP contribution < -0.4 is 10.6 Å². The normalized spacial score (nSPS) is 24.3. The molecule has 0 saturated carbocycles. The zero-order valence-corrected chi connectivity index (χ0v) is 9.23. The van der Waals surface area contributed by atoms with Crippen molar-refractivity contribution in [3.63, 3.8) is 0 Å². The van der Waals surface area contributed by atoms with E-state index < -0.39 is 11.1 Å². The molecule has 1 fully saturated rings. The summed E-state index contributed by atoms with van der Waals surface area (Å²) in [6.07, 6.45) is -0.225. The number of benzene rings is 1. The number of nitrogens with one attached hydrogen (secondary N) is 2. The summed E-state index contributed by atoms with van der Waals surface area (Å²) in [4.78, 5) is 10.0. The number of rotatable bonds is 3. The molecule has 1 aromatic rings. The highest BCUT2D eigenvalue weighted by Crippen LogP contribution is 2.19.